The van der Waals surface area contributed by atoms with Crippen molar-refractivity contribution >= 4 is 17.3 Å². The predicted molar refractivity (Wildman–Crippen MR) is 66.3 cm³/mol. The summed E-state index contributed by atoms with van der Waals surface area (Å²) in [7, 11) is 0. The van der Waals surface area contributed by atoms with Crippen LogP contribution in [0.15, 0.2) is 34.1 Å². The highest BCUT2D eigenvalue weighted by Crippen LogP contribution is 2.09. The Kier molecular flexibility index (Phi) is 3.43. The van der Waals surface area contributed by atoms with E-state index in [-0.39, 0.29) is 6.54 Å². The quantitative estimate of drug-likeness (QED) is 0.652. The van der Waals surface area contributed by atoms with Crippen LogP contribution in [0.25, 0.3) is 0 Å². The lowest BCUT2D eigenvalue weighted by Gasteiger charge is -2.04. The third-order valence-corrected chi connectivity index (χ3v) is 2.53. The van der Waals surface area contributed by atoms with Gasteiger partial charge in [0.05, 0.1) is 23.4 Å². The van der Waals surface area contributed by atoms with E-state index in [1.165, 1.54) is 12.3 Å². The molecule has 0 aliphatic heterocycles. The molecule has 0 aliphatic rings. The lowest BCUT2D eigenvalue weighted by atomic mass is 10.3. The minimum Gasteiger partial charge on any atom is -0.288 e. The minimum atomic E-state index is -1.04. The third-order valence-electron chi connectivity index (χ3n) is 2.30. The topological polar surface area (TPSA) is 111 Å². The fourth-order valence-corrected chi connectivity index (χ4v) is 1.64. The Bertz CT molecular complexity index is 752. The molecule has 0 spiro atoms. The van der Waals surface area contributed by atoms with Crippen LogP contribution < -0.4 is 11.2 Å². The van der Waals surface area contributed by atoms with Crippen molar-refractivity contribution in [3.8, 4) is 0 Å². The fourth-order valence-electron chi connectivity index (χ4n) is 1.46. The number of pyridine rings is 1. The van der Waals surface area contributed by atoms with Crippen LogP contribution in [0.5, 0.6) is 0 Å². The molecule has 9 heteroatoms. The summed E-state index contributed by atoms with van der Waals surface area (Å²) in [4.78, 5) is 38.3. The van der Waals surface area contributed by atoms with E-state index in [2.05, 4.69) is 4.98 Å². The number of halogens is 1. The molecule has 0 saturated heterocycles. The SMILES string of the molecule is O=c1[nH]c(=O)n(Cc2cc(Cl)ccn2)cc1[N+](=O)[O-]. The van der Waals surface area contributed by atoms with Crippen molar-refractivity contribution in [1.82, 2.24) is 14.5 Å². The summed E-state index contributed by atoms with van der Waals surface area (Å²) in [5.41, 5.74) is -2.06. The van der Waals surface area contributed by atoms with E-state index in [1.54, 1.807) is 6.07 Å². The number of aromatic amines is 1. The Morgan fingerprint density at radius 2 is 2.21 bits per heavy atom. The largest absolute Gasteiger partial charge is 0.350 e. The van der Waals surface area contributed by atoms with E-state index < -0.39 is 21.9 Å². The van der Waals surface area contributed by atoms with Crippen LogP contribution in [0, 0.1) is 10.1 Å². The molecule has 98 valence electrons. The Morgan fingerprint density at radius 1 is 1.47 bits per heavy atom. The smallest absolute Gasteiger partial charge is 0.288 e. The molecule has 0 fully saturated rings. The molecule has 2 aromatic rings. The van der Waals surface area contributed by atoms with Crippen molar-refractivity contribution in [2.75, 3.05) is 0 Å². The number of nitrogens with zero attached hydrogens (tertiary/aromatic N) is 3. The van der Waals surface area contributed by atoms with Gasteiger partial charge in [-0.25, -0.2) is 4.79 Å². The lowest BCUT2D eigenvalue weighted by Crippen LogP contribution is -2.31. The standard InChI is InChI=1S/C10H7ClN4O4/c11-6-1-2-12-7(3-6)4-14-5-8(15(18)19)9(16)13-10(14)17/h1-3,5H,4H2,(H,13,16,17). The molecule has 0 aromatic carbocycles. The Morgan fingerprint density at radius 3 is 2.84 bits per heavy atom. The van der Waals surface area contributed by atoms with Crippen LogP contribution in [-0.4, -0.2) is 19.5 Å². The summed E-state index contributed by atoms with van der Waals surface area (Å²) < 4.78 is 0.984. The normalized spacial score (nSPS) is 10.4. The number of nitro groups is 1. The van der Waals surface area contributed by atoms with E-state index in [4.69, 9.17) is 11.6 Å². The van der Waals surface area contributed by atoms with Gasteiger partial charge in [-0.2, -0.15) is 0 Å². The average molecular weight is 283 g/mol. The Balaban J connectivity index is 2.46. The Hall–Kier alpha value is -2.48. The molecule has 0 radical (unpaired) electrons. The van der Waals surface area contributed by atoms with Crippen molar-refractivity contribution in [3.05, 3.63) is 66.2 Å². The van der Waals surface area contributed by atoms with Crippen molar-refractivity contribution in [2.45, 2.75) is 6.54 Å². The summed E-state index contributed by atoms with van der Waals surface area (Å²) in [6.07, 6.45) is 2.33. The maximum atomic E-state index is 11.5. The molecule has 0 bridgehead atoms. The van der Waals surface area contributed by atoms with Gasteiger partial charge >= 0.3 is 16.9 Å². The first-order valence-electron chi connectivity index (χ1n) is 5.06. The zero-order chi connectivity index (χ0) is 14.0. The minimum absolute atomic E-state index is 0.0307. The molecule has 2 aromatic heterocycles. The van der Waals surface area contributed by atoms with E-state index in [1.807, 2.05) is 4.98 Å². The third kappa shape index (κ3) is 2.86. The van der Waals surface area contributed by atoms with Crippen molar-refractivity contribution in [1.29, 1.82) is 0 Å². The van der Waals surface area contributed by atoms with Gasteiger partial charge in [-0.1, -0.05) is 11.6 Å². The maximum Gasteiger partial charge on any atom is 0.350 e. The molecule has 1 N–H and O–H groups in total. The Labute approximate surface area is 110 Å². The molecule has 0 saturated carbocycles. The molecule has 8 nitrogen and oxygen atoms in total. The molecule has 19 heavy (non-hydrogen) atoms. The molecule has 0 amide bonds. The van der Waals surface area contributed by atoms with Crippen molar-refractivity contribution in [2.24, 2.45) is 0 Å². The summed E-state index contributed by atoms with van der Waals surface area (Å²) in [5.74, 6) is 0. The van der Waals surface area contributed by atoms with E-state index in [0.29, 0.717) is 10.7 Å². The molecule has 0 aliphatic carbocycles. The molecule has 2 rings (SSSR count). The first-order valence-corrected chi connectivity index (χ1v) is 5.44. The predicted octanol–water partition coefficient (Wildman–Crippen LogP) is 0.541. The molecule has 0 unspecified atom stereocenters. The summed E-state index contributed by atoms with van der Waals surface area (Å²) in [5, 5.41) is 11.1. The number of aromatic nitrogens is 3. The van der Waals surface area contributed by atoms with E-state index >= 15 is 0 Å². The summed E-state index contributed by atoms with van der Waals surface area (Å²) in [6.45, 7) is -0.0307. The highest BCUT2D eigenvalue weighted by atomic mass is 35.5. The van der Waals surface area contributed by atoms with Crippen LogP contribution >= 0.6 is 11.6 Å². The van der Waals surface area contributed by atoms with Crippen LogP contribution in [-0.2, 0) is 6.54 Å². The zero-order valence-corrected chi connectivity index (χ0v) is 10.1. The van der Waals surface area contributed by atoms with E-state index in [9.17, 15) is 19.7 Å². The van der Waals surface area contributed by atoms with Crippen LogP contribution in [0.2, 0.25) is 5.02 Å². The number of nitrogens with one attached hydrogen (secondary N) is 1. The lowest BCUT2D eigenvalue weighted by molar-refractivity contribution is -0.386. The average Bonchev–Trinajstić information content (AvgIpc) is 2.32. The second kappa shape index (κ2) is 5.02. The molecular formula is C10H7ClN4O4. The molecule has 0 atom stereocenters. The fraction of sp³-hybridized carbons (Fsp3) is 0.100. The van der Waals surface area contributed by atoms with Crippen LogP contribution in [0.1, 0.15) is 5.69 Å². The van der Waals surface area contributed by atoms with Gasteiger partial charge in [-0.3, -0.25) is 29.4 Å². The second-order valence-corrected chi connectivity index (χ2v) is 4.06. The number of H-pyrrole nitrogens is 1. The van der Waals surface area contributed by atoms with Crippen molar-refractivity contribution < 1.29 is 4.92 Å². The van der Waals surface area contributed by atoms with Gasteiger partial charge < -0.3 is 0 Å². The van der Waals surface area contributed by atoms with Gasteiger partial charge in [-0.15, -0.1) is 0 Å². The monoisotopic (exact) mass is 282 g/mol. The number of hydrogen-bond acceptors (Lipinski definition) is 5. The molecular weight excluding hydrogens is 276 g/mol. The second-order valence-electron chi connectivity index (χ2n) is 3.62. The first-order chi connectivity index (χ1) is 8.97. The van der Waals surface area contributed by atoms with Crippen LogP contribution in [0.4, 0.5) is 5.69 Å². The van der Waals surface area contributed by atoms with Gasteiger partial charge in [0.25, 0.3) is 0 Å². The molecule has 2 heterocycles. The van der Waals surface area contributed by atoms with Gasteiger partial charge in [0, 0.05) is 11.2 Å². The first kappa shape index (κ1) is 13.0. The van der Waals surface area contributed by atoms with Crippen LogP contribution in [0.3, 0.4) is 0 Å². The van der Waals surface area contributed by atoms with Gasteiger partial charge in [0.15, 0.2) is 0 Å². The number of hydrogen-bond donors (Lipinski definition) is 1. The highest BCUT2D eigenvalue weighted by Gasteiger charge is 2.15. The van der Waals surface area contributed by atoms with Gasteiger partial charge in [-0.05, 0) is 12.1 Å². The highest BCUT2D eigenvalue weighted by molar-refractivity contribution is 6.30. The van der Waals surface area contributed by atoms with Crippen molar-refractivity contribution in [3.63, 3.8) is 0 Å². The summed E-state index contributed by atoms with van der Waals surface area (Å²) >= 11 is 5.76. The zero-order valence-electron chi connectivity index (χ0n) is 9.37. The van der Waals surface area contributed by atoms with Gasteiger partial charge in [0.2, 0.25) is 0 Å². The van der Waals surface area contributed by atoms with E-state index in [0.717, 1.165) is 10.8 Å². The summed E-state index contributed by atoms with van der Waals surface area (Å²) in [6, 6.07) is 3.08. The maximum absolute atomic E-state index is 11.5. The van der Waals surface area contributed by atoms with Gasteiger partial charge in [0.1, 0.15) is 0 Å². The number of rotatable bonds is 3.